The van der Waals surface area contributed by atoms with Crippen molar-refractivity contribution in [2.45, 2.75) is 30.8 Å². The van der Waals surface area contributed by atoms with Crippen LogP contribution in [0.25, 0.3) is 11.3 Å². The number of allylic oxidation sites excluding steroid dienone is 1. The topological polar surface area (TPSA) is 116 Å². The van der Waals surface area contributed by atoms with Crippen LogP contribution in [0.15, 0.2) is 47.5 Å². The molecule has 0 fully saturated rings. The van der Waals surface area contributed by atoms with Crippen LogP contribution in [0.2, 0.25) is 0 Å². The number of aryl methyl sites for hydroxylation is 1. The van der Waals surface area contributed by atoms with E-state index in [9.17, 15) is 14.9 Å². The standard InChI is InChI=1S/C18H18N6O3S2/c1-4-8-23-12(3)21-22-18(23)29-11(2)16(25)20-17-19-15(10-28-17)13-6-5-7-14(9-13)24(26)27/h4-7,9-11H,1,8H2,2-3H3,(H,19,20,25). The normalized spacial score (nSPS) is 11.8. The van der Waals surface area contributed by atoms with Gasteiger partial charge in [0.25, 0.3) is 5.69 Å². The van der Waals surface area contributed by atoms with Crippen molar-refractivity contribution < 1.29 is 9.72 Å². The quantitative estimate of drug-likeness (QED) is 0.249. The van der Waals surface area contributed by atoms with Crippen molar-refractivity contribution in [3.8, 4) is 11.3 Å². The maximum absolute atomic E-state index is 12.5. The van der Waals surface area contributed by atoms with E-state index in [0.717, 1.165) is 5.82 Å². The number of thiazole rings is 1. The van der Waals surface area contributed by atoms with Gasteiger partial charge < -0.3 is 9.88 Å². The number of nitro groups is 1. The van der Waals surface area contributed by atoms with Crippen LogP contribution in [-0.4, -0.2) is 35.8 Å². The first-order valence-corrected chi connectivity index (χ1v) is 10.3. The van der Waals surface area contributed by atoms with Gasteiger partial charge in [-0.15, -0.1) is 28.1 Å². The van der Waals surface area contributed by atoms with Gasteiger partial charge >= 0.3 is 0 Å². The van der Waals surface area contributed by atoms with Crippen LogP contribution in [0.3, 0.4) is 0 Å². The van der Waals surface area contributed by atoms with Crippen molar-refractivity contribution in [1.29, 1.82) is 0 Å². The second-order valence-corrected chi connectivity index (χ2v) is 8.19. The Balaban J connectivity index is 1.68. The number of rotatable bonds is 8. The van der Waals surface area contributed by atoms with Crippen LogP contribution >= 0.6 is 23.1 Å². The third kappa shape index (κ3) is 4.87. The molecule has 1 N–H and O–H groups in total. The van der Waals surface area contributed by atoms with E-state index in [4.69, 9.17) is 0 Å². The molecular weight excluding hydrogens is 412 g/mol. The Kier molecular flexibility index (Phi) is 6.39. The Labute approximate surface area is 175 Å². The summed E-state index contributed by atoms with van der Waals surface area (Å²) in [5.41, 5.74) is 1.17. The molecular formula is C18H18N6O3S2. The summed E-state index contributed by atoms with van der Waals surface area (Å²) >= 11 is 2.56. The molecule has 1 amide bonds. The van der Waals surface area contributed by atoms with E-state index in [2.05, 4.69) is 27.1 Å². The lowest BCUT2D eigenvalue weighted by molar-refractivity contribution is -0.384. The van der Waals surface area contributed by atoms with Crippen molar-refractivity contribution in [3.05, 3.63) is 58.2 Å². The van der Waals surface area contributed by atoms with Gasteiger partial charge in [0.05, 0.1) is 15.9 Å². The third-order valence-corrected chi connectivity index (χ3v) is 5.79. The Morgan fingerprint density at radius 3 is 3.00 bits per heavy atom. The Bertz CT molecular complexity index is 1060. The predicted molar refractivity (Wildman–Crippen MR) is 113 cm³/mol. The largest absolute Gasteiger partial charge is 0.302 e. The number of hydrogen-bond acceptors (Lipinski definition) is 8. The molecule has 2 heterocycles. The van der Waals surface area contributed by atoms with Gasteiger partial charge in [-0.2, -0.15) is 0 Å². The fourth-order valence-electron chi connectivity index (χ4n) is 2.45. The molecule has 150 valence electrons. The number of carbonyl (C=O) groups excluding carboxylic acids is 1. The lowest BCUT2D eigenvalue weighted by atomic mass is 10.1. The predicted octanol–water partition coefficient (Wildman–Crippen LogP) is 3.92. The highest BCUT2D eigenvalue weighted by Gasteiger charge is 2.20. The number of non-ortho nitro benzene ring substituents is 1. The van der Waals surface area contributed by atoms with Crippen LogP contribution in [0.1, 0.15) is 12.7 Å². The summed E-state index contributed by atoms with van der Waals surface area (Å²) in [5.74, 6) is 0.530. The van der Waals surface area contributed by atoms with E-state index >= 15 is 0 Å². The number of benzene rings is 1. The van der Waals surface area contributed by atoms with Crippen molar-refractivity contribution in [1.82, 2.24) is 19.7 Å². The Morgan fingerprint density at radius 2 is 2.28 bits per heavy atom. The average molecular weight is 431 g/mol. The van der Waals surface area contributed by atoms with Gasteiger partial charge in [0, 0.05) is 29.6 Å². The minimum Gasteiger partial charge on any atom is -0.302 e. The zero-order valence-electron chi connectivity index (χ0n) is 15.7. The number of anilines is 1. The van der Waals surface area contributed by atoms with Gasteiger partial charge in [0.2, 0.25) is 5.91 Å². The molecule has 0 aliphatic heterocycles. The van der Waals surface area contributed by atoms with E-state index in [1.807, 2.05) is 11.5 Å². The van der Waals surface area contributed by atoms with Crippen LogP contribution in [0, 0.1) is 17.0 Å². The number of nitrogens with one attached hydrogen (secondary N) is 1. The molecule has 0 aliphatic carbocycles. The maximum Gasteiger partial charge on any atom is 0.270 e. The second-order valence-electron chi connectivity index (χ2n) is 6.02. The van der Waals surface area contributed by atoms with Gasteiger partial charge in [-0.3, -0.25) is 14.9 Å². The van der Waals surface area contributed by atoms with E-state index in [1.165, 1.54) is 35.2 Å². The number of hydrogen-bond donors (Lipinski definition) is 1. The van der Waals surface area contributed by atoms with Crippen LogP contribution in [-0.2, 0) is 11.3 Å². The molecule has 0 saturated carbocycles. The molecule has 29 heavy (non-hydrogen) atoms. The first-order chi connectivity index (χ1) is 13.9. The smallest absolute Gasteiger partial charge is 0.270 e. The van der Waals surface area contributed by atoms with Crippen molar-refractivity contribution in [3.63, 3.8) is 0 Å². The molecule has 0 aliphatic rings. The van der Waals surface area contributed by atoms with E-state index < -0.39 is 10.2 Å². The fourth-order valence-corrected chi connectivity index (χ4v) is 4.08. The van der Waals surface area contributed by atoms with Crippen molar-refractivity contribution in [2.24, 2.45) is 0 Å². The highest BCUT2D eigenvalue weighted by atomic mass is 32.2. The average Bonchev–Trinajstić information content (AvgIpc) is 3.30. The second kappa shape index (κ2) is 8.97. The van der Waals surface area contributed by atoms with Crippen LogP contribution in [0.4, 0.5) is 10.8 Å². The summed E-state index contributed by atoms with van der Waals surface area (Å²) in [6.45, 7) is 7.90. The first-order valence-electron chi connectivity index (χ1n) is 8.57. The molecule has 0 radical (unpaired) electrons. The van der Waals surface area contributed by atoms with Gasteiger partial charge in [-0.05, 0) is 13.8 Å². The lowest BCUT2D eigenvalue weighted by Gasteiger charge is -2.11. The number of nitro benzene ring substituents is 1. The molecule has 0 saturated heterocycles. The first kappa shape index (κ1) is 20.7. The number of amides is 1. The molecule has 1 unspecified atom stereocenters. The molecule has 1 aromatic carbocycles. The van der Waals surface area contributed by atoms with Crippen molar-refractivity contribution in [2.75, 3.05) is 5.32 Å². The summed E-state index contributed by atoms with van der Waals surface area (Å²) in [6.07, 6.45) is 1.75. The molecule has 11 heteroatoms. The minimum atomic E-state index is -0.454. The molecule has 0 spiro atoms. The maximum atomic E-state index is 12.5. The number of carbonyl (C=O) groups is 1. The van der Waals surface area contributed by atoms with Gasteiger partial charge in [-0.25, -0.2) is 4.98 Å². The molecule has 2 aromatic heterocycles. The highest BCUT2D eigenvalue weighted by molar-refractivity contribution is 8.00. The summed E-state index contributed by atoms with van der Waals surface area (Å²) < 4.78 is 1.88. The summed E-state index contributed by atoms with van der Waals surface area (Å²) in [6, 6.07) is 6.21. The summed E-state index contributed by atoms with van der Waals surface area (Å²) in [4.78, 5) is 27.4. The van der Waals surface area contributed by atoms with Gasteiger partial charge in [0.1, 0.15) is 5.82 Å². The molecule has 1 atom stereocenters. The van der Waals surface area contributed by atoms with Gasteiger partial charge in [0.15, 0.2) is 10.3 Å². The lowest BCUT2D eigenvalue weighted by Crippen LogP contribution is -2.22. The highest BCUT2D eigenvalue weighted by Crippen LogP contribution is 2.28. The Hall–Kier alpha value is -3.05. The zero-order valence-corrected chi connectivity index (χ0v) is 17.4. The SMILES string of the molecule is C=CCn1c(C)nnc1SC(C)C(=O)Nc1nc(-c2cccc([N+](=O)[O-])c2)cs1. The van der Waals surface area contributed by atoms with E-state index in [1.54, 1.807) is 30.5 Å². The number of aromatic nitrogens is 4. The third-order valence-electron chi connectivity index (χ3n) is 3.95. The van der Waals surface area contributed by atoms with Gasteiger partial charge in [-0.1, -0.05) is 30.0 Å². The fraction of sp³-hybridized carbons (Fsp3) is 0.222. The molecule has 3 aromatic rings. The number of thioether (sulfide) groups is 1. The minimum absolute atomic E-state index is 0.00923. The zero-order chi connectivity index (χ0) is 21.0. The molecule has 0 bridgehead atoms. The van der Waals surface area contributed by atoms with E-state index in [-0.39, 0.29) is 11.6 Å². The van der Waals surface area contributed by atoms with Crippen LogP contribution < -0.4 is 5.32 Å². The van der Waals surface area contributed by atoms with E-state index in [0.29, 0.717) is 28.1 Å². The number of nitrogens with zero attached hydrogens (tertiary/aromatic N) is 5. The summed E-state index contributed by atoms with van der Waals surface area (Å²) in [7, 11) is 0. The summed E-state index contributed by atoms with van der Waals surface area (Å²) in [5, 5.41) is 24.3. The molecule has 3 rings (SSSR count). The van der Waals surface area contributed by atoms with Crippen molar-refractivity contribution >= 4 is 39.8 Å². The Morgan fingerprint density at radius 1 is 1.48 bits per heavy atom. The van der Waals surface area contributed by atoms with Crippen LogP contribution in [0.5, 0.6) is 0 Å². The monoisotopic (exact) mass is 430 g/mol. The molecule has 9 nitrogen and oxygen atoms in total.